The van der Waals surface area contributed by atoms with Gasteiger partial charge in [-0.25, -0.2) is 0 Å². The number of carbonyl (C=O) groups is 1. The summed E-state index contributed by atoms with van der Waals surface area (Å²) in [6, 6.07) is 8.33. The molecule has 0 aliphatic carbocycles. The maximum Gasteiger partial charge on any atom is 0.265 e. The normalized spacial score (nSPS) is 21.1. The number of rotatable bonds is 1. The van der Waals surface area contributed by atoms with Crippen LogP contribution in [0.1, 0.15) is 12.0 Å². The predicted octanol–water partition coefficient (Wildman–Crippen LogP) is 2.43. The Morgan fingerprint density at radius 1 is 1.39 bits per heavy atom. The quantitative estimate of drug-likeness (QED) is 0.631. The first-order valence-corrected chi connectivity index (χ1v) is 7.06. The number of hydrogen-bond acceptors (Lipinski definition) is 4. The van der Waals surface area contributed by atoms with Crippen LogP contribution in [0.3, 0.4) is 0 Å². The molecule has 92 valence electrons. The Kier molecular flexibility index (Phi) is 3.09. The van der Waals surface area contributed by atoms with Gasteiger partial charge < -0.3 is 10.2 Å². The number of aryl methyl sites for hydroxylation is 1. The Bertz CT molecular complexity index is 554. The Labute approximate surface area is 115 Å². The smallest absolute Gasteiger partial charge is 0.265 e. The number of para-hydroxylation sites is 1. The third kappa shape index (κ3) is 2.15. The fraction of sp³-hybridized carbons (Fsp3) is 0.231. The third-order valence-electron chi connectivity index (χ3n) is 3.06. The van der Waals surface area contributed by atoms with Gasteiger partial charge in [-0.15, -0.1) is 0 Å². The lowest BCUT2D eigenvalue weighted by atomic mass is 10.0. The monoisotopic (exact) mass is 276 g/mol. The molecule has 0 saturated carbocycles. The van der Waals surface area contributed by atoms with Crippen LogP contribution < -0.4 is 10.2 Å². The van der Waals surface area contributed by atoms with Crippen molar-refractivity contribution in [3.63, 3.8) is 0 Å². The van der Waals surface area contributed by atoms with E-state index in [9.17, 15) is 4.79 Å². The fourth-order valence-corrected chi connectivity index (χ4v) is 3.28. The van der Waals surface area contributed by atoms with Crippen molar-refractivity contribution in [1.29, 1.82) is 0 Å². The van der Waals surface area contributed by atoms with Crippen LogP contribution in [0.5, 0.6) is 0 Å². The van der Waals surface area contributed by atoms with Gasteiger partial charge >= 0.3 is 0 Å². The van der Waals surface area contributed by atoms with Gasteiger partial charge in [0.2, 0.25) is 0 Å². The number of benzene rings is 1. The van der Waals surface area contributed by atoms with Gasteiger partial charge in [0, 0.05) is 18.4 Å². The molecule has 0 radical (unpaired) electrons. The number of nitrogens with zero attached hydrogens (tertiary/aromatic N) is 1. The van der Waals surface area contributed by atoms with Gasteiger partial charge in [-0.05, 0) is 24.5 Å². The summed E-state index contributed by atoms with van der Waals surface area (Å²) in [5.41, 5.74) is 2.54. The highest BCUT2D eigenvalue weighted by Crippen LogP contribution is 2.30. The van der Waals surface area contributed by atoms with E-state index in [2.05, 4.69) is 28.4 Å². The molecule has 2 aliphatic rings. The molecule has 1 fully saturated rings. The first-order chi connectivity index (χ1) is 8.74. The highest BCUT2D eigenvalue weighted by molar-refractivity contribution is 8.26. The first-order valence-electron chi connectivity index (χ1n) is 5.83. The highest BCUT2D eigenvalue weighted by atomic mass is 32.2. The molecular formula is C13H12N2OS2. The average molecular weight is 276 g/mol. The van der Waals surface area contributed by atoms with Gasteiger partial charge in [-0.2, -0.15) is 0 Å². The maximum absolute atomic E-state index is 11.7. The molecule has 1 aromatic carbocycles. The Balaban J connectivity index is 1.93. The largest absolute Gasteiger partial charge is 0.346 e. The van der Waals surface area contributed by atoms with Gasteiger partial charge in [0.05, 0.1) is 4.91 Å². The number of thioether (sulfide) groups is 1. The van der Waals surface area contributed by atoms with Crippen LogP contribution in [0, 0.1) is 0 Å². The van der Waals surface area contributed by atoms with E-state index in [1.807, 2.05) is 12.3 Å². The molecule has 2 heterocycles. The van der Waals surface area contributed by atoms with Crippen molar-refractivity contribution < 1.29 is 4.79 Å². The standard InChI is InChI=1S/C13H12N2OS2/c16-12-11(18-13(17)14-12)8-15-7-3-5-9-4-1-2-6-10(9)15/h1-2,4,6,8H,3,5,7H2,(H,14,16,17)/b11-8-. The summed E-state index contributed by atoms with van der Waals surface area (Å²) >= 11 is 6.32. The van der Waals surface area contributed by atoms with Crippen molar-refractivity contribution in [2.75, 3.05) is 11.4 Å². The van der Waals surface area contributed by atoms with Crippen molar-refractivity contribution >= 4 is 39.9 Å². The number of fused-ring (bicyclic) bond motifs is 1. The second-order valence-electron chi connectivity index (χ2n) is 4.26. The maximum atomic E-state index is 11.7. The van der Waals surface area contributed by atoms with Crippen molar-refractivity contribution in [3.8, 4) is 0 Å². The number of hydrogen-bond donors (Lipinski definition) is 1. The van der Waals surface area contributed by atoms with E-state index in [4.69, 9.17) is 12.2 Å². The summed E-state index contributed by atoms with van der Waals surface area (Å²) in [4.78, 5) is 14.5. The molecule has 3 nitrogen and oxygen atoms in total. The minimum atomic E-state index is -0.0898. The van der Waals surface area contributed by atoms with Crippen molar-refractivity contribution in [1.82, 2.24) is 5.32 Å². The van der Waals surface area contributed by atoms with Crippen molar-refractivity contribution in [2.45, 2.75) is 12.8 Å². The van der Waals surface area contributed by atoms with E-state index in [0.29, 0.717) is 9.23 Å². The second-order valence-corrected chi connectivity index (χ2v) is 5.98. The first kappa shape index (κ1) is 11.7. The summed E-state index contributed by atoms with van der Waals surface area (Å²) in [7, 11) is 0. The zero-order valence-corrected chi connectivity index (χ0v) is 11.3. The van der Waals surface area contributed by atoms with Crippen LogP contribution in [-0.2, 0) is 11.2 Å². The molecule has 0 unspecified atom stereocenters. The van der Waals surface area contributed by atoms with E-state index < -0.39 is 0 Å². The van der Waals surface area contributed by atoms with Gasteiger partial charge in [-0.1, -0.05) is 42.2 Å². The number of anilines is 1. The second kappa shape index (κ2) is 4.74. The molecule has 0 spiro atoms. The average Bonchev–Trinajstić information content (AvgIpc) is 2.68. The van der Waals surface area contributed by atoms with E-state index in [-0.39, 0.29) is 5.91 Å². The highest BCUT2D eigenvalue weighted by Gasteiger charge is 2.24. The summed E-state index contributed by atoms with van der Waals surface area (Å²) in [5.74, 6) is -0.0898. The van der Waals surface area contributed by atoms with Crippen LogP contribution in [0.2, 0.25) is 0 Å². The summed E-state index contributed by atoms with van der Waals surface area (Å²) in [6.07, 6.45) is 4.13. The van der Waals surface area contributed by atoms with Crippen LogP contribution in [0.4, 0.5) is 5.69 Å². The third-order valence-corrected chi connectivity index (χ3v) is 4.21. The lowest BCUT2D eigenvalue weighted by molar-refractivity contribution is -0.115. The molecule has 3 rings (SSSR count). The van der Waals surface area contributed by atoms with Crippen LogP contribution in [-0.4, -0.2) is 16.8 Å². The number of nitrogens with one attached hydrogen (secondary N) is 1. The minimum Gasteiger partial charge on any atom is -0.346 e. The molecule has 1 saturated heterocycles. The molecule has 18 heavy (non-hydrogen) atoms. The zero-order chi connectivity index (χ0) is 12.5. The number of thiocarbonyl (C=S) groups is 1. The fourth-order valence-electron chi connectivity index (χ4n) is 2.25. The van der Waals surface area contributed by atoms with Crippen molar-refractivity contribution in [2.24, 2.45) is 0 Å². The zero-order valence-electron chi connectivity index (χ0n) is 9.68. The summed E-state index contributed by atoms with van der Waals surface area (Å²) < 4.78 is 0.538. The van der Waals surface area contributed by atoms with Crippen LogP contribution in [0.15, 0.2) is 35.4 Å². The van der Waals surface area contributed by atoms with Gasteiger partial charge in [-0.3, -0.25) is 4.79 Å². The molecule has 5 heteroatoms. The van der Waals surface area contributed by atoms with Crippen LogP contribution in [0.25, 0.3) is 0 Å². The molecule has 0 aromatic heterocycles. The van der Waals surface area contributed by atoms with E-state index in [1.54, 1.807) is 0 Å². The summed E-state index contributed by atoms with van der Waals surface area (Å²) in [6.45, 7) is 0.946. The van der Waals surface area contributed by atoms with Crippen LogP contribution >= 0.6 is 24.0 Å². The topological polar surface area (TPSA) is 32.3 Å². The number of carbonyl (C=O) groups excluding carboxylic acids is 1. The van der Waals surface area contributed by atoms with E-state index in [0.717, 1.165) is 19.4 Å². The summed E-state index contributed by atoms with van der Waals surface area (Å²) in [5, 5.41) is 2.64. The van der Waals surface area contributed by atoms with E-state index >= 15 is 0 Å². The molecule has 0 atom stereocenters. The Morgan fingerprint density at radius 2 is 2.22 bits per heavy atom. The SMILES string of the molecule is O=C1NC(=S)S/C1=C\N1CCCc2ccccc21. The number of amides is 1. The molecule has 1 N–H and O–H groups in total. The lowest BCUT2D eigenvalue weighted by Gasteiger charge is -2.28. The molecular weight excluding hydrogens is 264 g/mol. The lowest BCUT2D eigenvalue weighted by Crippen LogP contribution is -2.25. The van der Waals surface area contributed by atoms with Crippen molar-refractivity contribution in [3.05, 3.63) is 40.9 Å². The molecule has 1 amide bonds. The Morgan fingerprint density at radius 3 is 3.00 bits per heavy atom. The van der Waals surface area contributed by atoms with Gasteiger partial charge in [0.1, 0.15) is 4.32 Å². The predicted molar refractivity (Wildman–Crippen MR) is 78.5 cm³/mol. The molecule has 2 aliphatic heterocycles. The molecule has 1 aromatic rings. The minimum absolute atomic E-state index is 0.0898. The molecule has 0 bridgehead atoms. The van der Waals surface area contributed by atoms with Gasteiger partial charge in [0.25, 0.3) is 5.91 Å². The van der Waals surface area contributed by atoms with Gasteiger partial charge in [0.15, 0.2) is 0 Å². The van der Waals surface area contributed by atoms with E-state index in [1.165, 1.54) is 23.0 Å². The Hall–Kier alpha value is -1.33.